The number of hydrogen-bond acceptors (Lipinski definition) is 2. The number of hydrogen-bond donors (Lipinski definition) is 0. The van der Waals surface area contributed by atoms with Crippen molar-refractivity contribution in [3.05, 3.63) is 63.4 Å². The van der Waals surface area contributed by atoms with Gasteiger partial charge in [-0.15, -0.1) is 0 Å². The first kappa shape index (κ1) is 13.1. The van der Waals surface area contributed by atoms with Crippen molar-refractivity contribution in [2.75, 3.05) is 0 Å². The topological polar surface area (TPSA) is 30.0 Å². The van der Waals surface area contributed by atoms with Crippen molar-refractivity contribution in [1.82, 2.24) is 4.98 Å². The van der Waals surface area contributed by atoms with Crippen LogP contribution >= 0.6 is 23.2 Å². The van der Waals surface area contributed by atoms with E-state index >= 15 is 0 Å². The van der Waals surface area contributed by atoms with Crippen molar-refractivity contribution < 1.29 is 4.79 Å². The molecule has 1 aromatic carbocycles. The Morgan fingerprint density at radius 1 is 1.28 bits per heavy atom. The largest absolute Gasteiger partial charge is 0.292 e. The highest BCUT2D eigenvalue weighted by atomic mass is 35.5. The van der Waals surface area contributed by atoms with Crippen LogP contribution in [-0.2, 0) is 6.42 Å². The summed E-state index contributed by atoms with van der Waals surface area (Å²) in [6.07, 6.45) is 1.72. The van der Waals surface area contributed by atoms with Crippen LogP contribution < -0.4 is 0 Å². The Bertz CT molecular complexity index is 596. The summed E-state index contributed by atoms with van der Waals surface area (Å²) in [6.45, 7) is 1.99. The number of nitrogens with zero attached hydrogens (tertiary/aromatic N) is 1. The van der Waals surface area contributed by atoms with Gasteiger partial charge in [0.2, 0.25) is 0 Å². The Morgan fingerprint density at radius 2 is 2.06 bits per heavy atom. The van der Waals surface area contributed by atoms with Crippen LogP contribution in [0.5, 0.6) is 0 Å². The molecular weight excluding hydrogens is 269 g/mol. The maximum Gasteiger partial charge on any atom is 0.187 e. The minimum Gasteiger partial charge on any atom is -0.292 e. The molecule has 2 aromatic rings. The molecule has 0 bridgehead atoms. The molecule has 0 saturated heterocycles. The van der Waals surface area contributed by atoms with E-state index in [4.69, 9.17) is 23.2 Å². The molecule has 4 heteroatoms. The number of Topliss-reactive ketones (excluding diaryl/α,β-unsaturated/α-hetero) is 1. The number of rotatable bonds is 3. The van der Waals surface area contributed by atoms with Crippen molar-refractivity contribution in [3.63, 3.8) is 0 Å². The molecule has 0 spiro atoms. The molecule has 92 valence electrons. The van der Waals surface area contributed by atoms with Gasteiger partial charge in [0.15, 0.2) is 5.78 Å². The van der Waals surface area contributed by atoms with Gasteiger partial charge in [0, 0.05) is 12.6 Å². The van der Waals surface area contributed by atoms with Gasteiger partial charge in [-0.2, -0.15) is 0 Å². The average Bonchev–Trinajstić information content (AvgIpc) is 2.28. The van der Waals surface area contributed by atoms with Gasteiger partial charge in [-0.3, -0.25) is 4.79 Å². The molecule has 1 aromatic heterocycles. The van der Waals surface area contributed by atoms with E-state index < -0.39 is 0 Å². The van der Waals surface area contributed by atoms with E-state index in [1.165, 1.54) is 12.3 Å². The van der Waals surface area contributed by atoms with Crippen molar-refractivity contribution >= 4 is 29.0 Å². The Morgan fingerprint density at radius 3 is 2.72 bits per heavy atom. The van der Waals surface area contributed by atoms with Crippen LogP contribution in [0.1, 0.15) is 21.6 Å². The number of halogens is 2. The summed E-state index contributed by atoms with van der Waals surface area (Å²) in [5.74, 6) is -0.109. The standard InChI is InChI=1S/C14H11Cl2NO/c1-9-3-2-4-10(5-9)6-13(18)14-12(16)7-11(15)8-17-14/h2-5,7-8H,6H2,1H3. The summed E-state index contributed by atoms with van der Waals surface area (Å²) < 4.78 is 0. The first-order valence-corrected chi connectivity index (χ1v) is 6.21. The second-order valence-electron chi connectivity index (χ2n) is 4.07. The molecule has 18 heavy (non-hydrogen) atoms. The van der Waals surface area contributed by atoms with Crippen LogP contribution in [0.4, 0.5) is 0 Å². The van der Waals surface area contributed by atoms with Gasteiger partial charge in [0.25, 0.3) is 0 Å². The maximum absolute atomic E-state index is 12.1. The van der Waals surface area contributed by atoms with Gasteiger partial charge < -0.3 is 0 Å². The molecule has 2 nitrogen and oxygen atoms in total. The molecule has 2 rings (SSSR count). The predicted octanol–water partition coefficient (Wildman–Crippen LogP) is 4.12. The Kier molecular flexibility index (Phi) is 4.00. The van der Waals surface area contributed by atoms with E-state index in [2.05, 4.69) is 4.98 Å². The molecular formula is C14H11Cl2NO. The average molecular weight is 280 g/mol. The molecule has 0 unspecified atom stereocenters. The number of aromatic nitrogens is 1. The van der Waals surface area contributed by atoms with Gasteiger partial charge in [0.1, 0.15) is 5.69 Å². The zero-order valence-electron chi connectivity index (χ0n) is 9.78. The number of carbonyl (C=O) groups excluding carboxylic acids is 1. The SMILES string of the molecule is Cc1cccc(CC(=O)c2ncc(Cl)cc2Cl)c1. The zero-order valence-corrected chi connectivity index (χ0v) is 11.3. The molecule has 1 heterocycles. The van der Waals surface area contributed by atoms with Crippen molar-refractivity contribution in [1.29, 1.82) is 0 Å². The normalized spacial score (nSPS) is 10.4. The Balaban J connectivity index is 2.22. The summed E-state index contributed by atoms with van der Waals surface area (Å²) in [5, 5.41) is 0.715. The van der Waals surface area contributed by atoms with Crippen LogP contribution in [0.2, 0.25) is 10.0 Å². The minimum absolute atomic E-state index is 0.109. The van der Waals surface area contributed by atoms with Crippen LogP contribution in [0.15, 0.2) is 36.5 Å². The lowest BCUT2D eigenvalue weighted by Crippen LogP contribution is -2.06. The van der Waals surface area contributed by atoms with Crippen LogP contribution in [-0.4, -0.2) is 10.8 Å². The quantitative estimate of drug-likeness (QED) is 0.791. The molecule has 0 saturated carbocycles. The van der Waals surface area contributed by atoms with Gasteiger partial charge in [-0.05, 0) is 18.6 Å². The number of ketones is 1. The fraction of sp³-hybridized carbons (Fsp3) is 0.143. The maximum atomic E-state index is 12.1. The van der Waals surface area contributed by atoms with E-state index in [9.17, 15) is 4.79 Å². The summed E-state index contributed by atoms with van der Waals surface area (Å²) in [6, 6.07) is 9.33. The summed E-state index contributed by atoms with van der Waals surface area (Å²) in [5.41, 5.74) is 2.34. The molecule has 0 amide bonds. The van der Waals surface area contributed by atoms with E-state index in [0.29, 0.717) is 10.0 Å². The highest BCUT2D eigenvalue weighted by Crippen LogP contribution is 2.20. The van der Waals surface area contributed by atoms with Gasteiger partial charge in [-0.25, -0.2) is 4.98 Å². The second-order valence-corrected chi connectivity index (χ2v) is 4.92. The van der Waals surface area contributed by atoms with Crippen molar-refractivity contribution in [3.8, 4) is 0 Å². The third-order valence-electron chi connectivity index (χ3n) is 2.52. The van der Waals surface area contributed by atoms with Crippen molar-refractivity contribution in [2.45, 2.75) is 13.3 Å². The fourth-order valence-electron chi connectivity index (χ4n) is 1.71. The molecule has 0 aliphatic carbocycles. The highest BCUT2D eigenvalue weighted by molar-refractivity contribution is 6.36. The number of aryl methyl sites for hydroxylation is 1. The summed E-state index contributed by atoms with van der Waals surface area (Å²) in [4.78, 5) is 16.1. The smallest absolute Gasteiger partial charge is 0.187 e. The fourth-order valence-corrected chi connectivity index (χ4v) is 2.20. The minimum atomic E-state index is -0.109. The third-order valence-corrected chi connectivity index (χ3v) is 3.01. The van der Waals surface area contributed by atoms with Gasteiger partial charge in [-0.1, -0.05) is 53.0 Å². The lowest BCUT2D eigenvalue weighted by atomic mass is 10.0. The lowest BCUT2D eigenvalue weighted by Gasteiger charge is -2.04. The highest BCUT2D eigenvalue weighted by Gasteiger charge is 2.13. The van der Waals surface area contributed by atoms with Gasteiger partial charge in [0.05, 0.1) is 10.0 Å². The van der Waals surface area contributed by atoms with Crippen LogP contribution in [0.25, 0.3) is 0 Å². The molecule has 0 fully saturated rings. The molecule has 0 aliphatic heterocycles. The third kappa shape index (κ3) is 3.09. The van der Waals surface area contributed by atoms with Crippen LogP contribution in [0.3, 0.4) is 0 Å². The Labute approximate surface area is 116 Å². The second kappa shape index (κ2) is 5.51. The first-order valence-electron chi connectivity index (χ1n) is 5.46. The summed E-state index contributed by atoms with van der Waals surface area (Å²) in [7, 11) is 0. The lowest BCUT2D eigenvalue weighted by molar-refractivity contribution is 0.0988. The molecule has 0 aliphatic rings. The van der Waals surface area contributed by atoms with E-state index in [1.807, 2.05) is 31.2 Å². The molecule has 0 radical (unpaired) electrons. The number of pyridine rings is 1. The van der Waals surface area contributed by atoms with E-state index in [1.54, 1.807) is 0 Å². The van der Waals surface area contributed by atoms with E-state index in [0.717, 1.165) is 11.1 Å². The van der Waals surface area contributed by atoms with Gasteiger partial charge >= 0.3 is 0 Å². The molecule has 0 atom stereocenters. The monoisotopic (exact) mass is 279 g/mol. The zero-order chi connectivity index (χ0) is 13.1. The summed E-state index contributed by atoms with van der Waals surface area (Å²) >= 11 is 11.7. The van der Waals surface area contributed by atoms with Crippen LogP contribution in [0, 0.1) is 6.92 Å². The predicted molar refractivity (Wildman–Crippen MR) is 73.5 cm³/mol. The molecule has 0 N–H and O–H groups in total. The van der Waals surface area contributed by atoms with E-state index in [-0.39, 0.29) is 17.9 Å². The van der Waals surface area contributed by atoms with Crippen molar-refractivity contribution in [2.24, 2.45) is 0 Å². The number of carbonyl (C=O) groups is 1. The number of benzene rings is 1. The Hall–Kier alpha value is -1.38. The first-order chi connectivity index (χ1) is 8.56.